The van der Waals surface area contributed by atoms with Gasteiger partial charge in [-0.15, -0.1) is 0 Å². The molecule has 114 valence electrons. The van der Waals surface area contributed by atoms with Crippen LogP contribution in [0, 0.1) is 21.4 Å². The molecular weight excluding hydrogens is 300 g/mol. The number of nitrogens with one attached hydrogen (secondary N) is 2. The van der Waals surface area contributed by atoms with E-state index in [1.165, 1.54) is 42.9 Å². The SMILES string of the molecule is N#C/C(=C/Nc1ncccn1)C(=O)Nc1ccc([N+](=O)[O-])cc1. The van der Waals surface area contributed by atoms with Crippen molar-refractivity contribution in [3.8, 4) is 6.07 Å². The molecule has 0 radical (unpaired) electrons. The van der Waals surface area contributed by atoms with E-state index >= 15 is 0 Å². The summed E-state index contributed by atoms with van der Waals surface area (Å²) in [5.41, 5.74) is 0.0375. The van der Waals surface area contributed by atoms with Crippen LogP contribution in [0.15, 0.2) is 54.5 Å². The van der Waals surface area contributed by atoms with Crippen LogP contribution in [-0.4, -0.2) is 20.8 Å². The van der Waals surface area contributed by atoms with Gasteiger partial charge in [-0.05, 0) is 18.2 Å². The first-order valence-corrected chi connectivity index (χ1v) is 6.30. The molecule has 23 heavy (non-hydrogen) atoms. The van der Waals surface area contributed by atoms with Gasteiger partial charge in [0.15, 0.2) is 0 Å². The Bertz CT molecular complexity index is 780. The topological polar surface area (TPSA) is 134 Å². The van der Waals surface area contributed by atoms with Crippen molar-refractivity contribution < 1.29 is 9.72 Å². The van der Waals surface area contributed by atoms with Crippen molar-refractivity contribution in [2.24, 2.45) is 0 Å². The molecular formula is C14H10N6O3. The average molecular weight is 310 g/mol. The number of nitro groups is 1. The summed E-state index contributed by atoms with van der Waals surface area (Å²) in [7, 11) is 0. The molecule has 1 heterocycles. The van der Waals surface area contributed by atoms with Crippen LogP contribution in [0.2, 0.25) is 0 Å². The fourth-order valence-corrected chi connectivity index (χ4v) is 1.52. The molecule has 9 nitrogen and oxygen atoms in total. The van der Waals surface area contributed by atoms with E-state index in [1.54, 1.807) is 12.1 Å². The second-order valence-corrected chi connectivity index (χ2v) is 4.14. The highest BCUT2D eigenvalue weighted by atomic mass is 16.6. The summed E-state index contributed by atoms with van der Waals surface area (Å²) in [6, 6.07) is 8.62. The van der Waals surface area contributed by atoms with Gasteiger partial charge in [0, 0.05) is 36.4 Å². The average Bonchev–Trinajstić information content (AvgIpc) is 2.57. The first-order chi connectivity index (χ1) is 11.1. The highest BCUT2D eigenvalue weighted by Gasteiger charge is 2.11. The molecule has 2 aromatic rings. The van der Waals surface area contributed by atoms with Gasteiger partial charge in [-0.25, -0.2) is 9.97 Å². The molecule has 0 saturated carbocycles. The molecule has 0 aliphatic heterocycles. The number of amides is 1. The van der Waals surface area contributed by atoms with Gasteiger partial charge in [-0.3, -0.25) is 14.9 Å². The maximum absolute atomic E-state index is 12.0. The van der Waals surface area contributed by atoms with E-state index in [2.05, 4.69) is 20.6 Å². The predicted molar refractivity (Wildman–Crippen MR) is 81.1 cm³/mol. The van der Waals surface area contributed by atoms with Gasteiger partial charge < -0.3 is 10.6 Å². The number of hydrogen-bond donors (Lipinski definition) is 2. The molecule has 0 bridgehead atoms. The van der Waals surface area contributed by atoms with Crippen LogP contribution in [0.3, 0.4) is 0 Å². The number of nitro benzene ring substituents is 1. The molecule has 2 rings (SSSR count). The fraction of sp³-hybridized carbons (Fsp3) is 0. The van der Waals surface area contributed by atoms with Crippen molar-refractivity contribution in [1.29, 1.82) is 5.26 Å². The first kappa shape index (κ1) is 15.6. The summed E-state index contributed by atoms with van der Waals surface area (Å²) in [5.74, 6) is -0.423. The molecule has 0 unspecified atom stereocenters. The Hall–Kier alpha value is -3.80. The van der Waals surface area contributed by atoms with Crippen molar-refractivity contribution in [2.75, 3.05) is 10.6 Å². The number of carbonyl (C=O) groups excluding carboxylic acids is 1. The third-order valence-corrected chi connectivity index (χ3v) is 2.61. The molecule has 1 aromatic heterocycles. The largest absolute Gasteiger partial charge is 0.329 e. The lowest BCUT2D eigenvalue weighted by atomic mass is 10.2. The molecule has 2 N–H and O–H groups in total. The summed E-state index contributed by atoms with van der Waals surface area (Å²) in [6.07, 6.45) is 4.19. The summed E-state index contributed by atoms with van der Waals surface area (Å²) in [5, 5.41) is 24.7. The lowest BCUT2D eigenvalue weighted by Crippen LogP contribution is -2.14. The van der Waals surface area contributed by atoms with Crippen LogP contribution >= 0.6 is 0 Å². The number of aromatic nitrogens is 2. The summed E-state index contributed by atoms with van der Waals surface area (Å²) in [4.78, 5) is 29.7. The minimum atomic E-state index is -0.662. The van der Waals surface area contributed by atoms with Gasteiger partial charge in [0.05, 0.1) is 4.92 Å². The first-order valence-electron chi connectivity index (χ1n) is 6.30. The Morgan fingerprint density at radius 1 is 1.26 bits per heavy atom. The van der Waals surface area contributed by atoms with Crippen molar-refractivity contribution in [1.82, 2.24) is 9.97 Å². The van der Waals surface area contributed by atoms with Gasteiger partial charge in [-0.2, -0.15) is 5.26 Å². The van der Waals surface area contributed by atoms with E-state index in [0.29, 0.717) is 5.69 Å². The highest BCUT2D eigenvalue weighted by Crippen LogP contribution is 2.16. The van der Waals surface area contributed by atoms with Crippen molar-refractivity contribution in [3.63, 3.8) is 0 Å². The van der Waals surface area contributed by atoms with E-state index in [-0.39, 0.29) is 17.2 Å². The molecule has 0 spiro atoms. The Labute approximate surface area is 130 Å². The van der Waals surface area contributed by atoms with Crippen LogP contribution in [0.5, 0.6) is 0 Å². The Morgan fingerprint density at radius 2 is 1.91 bits per heavy atom. The number of nitrogens with zero attached hydrogens (tertiary/aromatic N) is 4. The normalized spacial score (nSPS) is 10.5. The molecule has 0 aliphatic rings. The maximum atomic E-state index is 12.0. The Kier molecular flexibility index (Phi) is 4.93. The molecule has 1 amide bonds. The molecule has 0 saturated heterocycles. The number of benzene rings is 1. The van der Waals surface area contributed by atoms with E-state index in [0.717, 1.165) is 0 Å². The molecule has 0 aliphatic carbocycles. The summed E-state index contributed by atoms with van der Waals surface area (Å²) in [6.45, 7) is 0. The van der Waals surface area contributed by atoms with Crippen molar-refractivity contribution in [2.45, 2.75) is 0 Å². The molecule has 9 heteroatoms. The number of hydrogen-bond acceptors (Lipinski definition) is 7. The van der Waals surface area contributed by atoms with Crippen LogP contribution in [0.4, 0.5) is 17.3 Å². The van der Waals surface area contributed by atoms with Gasteiger partial charge in [0.2, 0.25) is 5.95 Å². The van der Waals surface area contributed by atoms with Crippen LogP contribution in [0.1, 0.15) is 0 Å². The van der Waals surface area contributed by atoms with E-state index in [4.69, 9.17) is 5.26 Å². The van der Waals surface area contributed by atoms with Gasteiger partial charge in [0.25, 0.3) is 11.6 Å². The van der Waals surface area contributed by atoms with Gasteiger partial charge in [-0.1, -0.05) is 0 Å². The maximum Gasteiger partial charge on any atom is 0.269 e. The number of rotatable bonds is 5. The molecule has 0 fully saturated rings. The summed E-state index contributed by atoms with van der Waals surface area (Å²) >= 11 is 0. The number of non-ortho nitro benzene ring substituents is 1. The zero-order valence-corrected chi connectivity index (χ0v) is 11.6. The lowest BCUT2D eigenvalue weighted by Gasteiger charge is -2.04. The van der Waals surface area contributed by atoms with Crippen LogP contribution < -0.4 is 10.6 Å². The Morgan fingerprint density at radius 3 is 2.48 bits per heavy atom. The predicted octanol–water partition coefficient (Wildman–Crippen LogP) is 1.84. The van der Waals surface area contributed by atoms with E-state index in [9.17, 15) is 14.9 Å². The fourth-order valence-electron chi connectivity index (χ4n) is 1.52. The molecule has 1 aromatic carbocycles. The van der Waals surface area contributed by atoms with Crippen LogP contribution in [0.25, 0.3) is 0 Å². The number of anilines is 2. The lowest BCUT2D eigenvalue weighted by molar-refractivity contribution is -0.384. The summed E-state index contributed by atoms with van der Waals surface area (Å²) < 4.78 is 0. The second kappa shape index (κ2) is 7.28. The zero-order chi connectivity index (χ0) is 16.7. The smallest absolute Gasteiger partial charge is 0.269 e. The zero-order valence-electron chi connectivity index (χ0n) is 11.6. The minimum Gasteiger partial charge on any atom is -0.329 e. The number of nitriles is 1. The standard InChI is InChI=1S/C14H10N6O3/c15-8-10(9-18-14-16-6-1-7-17-14)13(21)19-11-2-4-12(5-3-11)20(22)23/h1-7,9H,(H,19,21)(H,16,17,18)/b10-9-. The van der Waals surface area contributed by atoms with E-state index in [1.807, 2.05) is 0 Å². The quantitative estimate of drug-likeness (QED) is 0.372. The van der Waals surface area contributed by atoms with Crippen molar-refractivity contribution in [3.05, 3.63) is 64.6 Å². The second-order valence-electron chi connectivity index (χ2n) is 4.14. The highest BCUT2D eigenvalue weighted by molar-refractivity contribution is 6.06. The number of carbonyl (C=O) groups is 1. The minimum absolute atomic E-state index is 0.0954. The third kappa shape index (κ3) is 4.33. The monoisotopic (exact) mass is 310 g/mol. The van der Waals surface area contributed by atoms with E-state index < -0.39 is 10.8 Å². The third-order valence-electron chi connectivity index (χ3n) is 2.61. The van der Waals surface area contributed by atoms with Crippen molar-refractivity contribution >= 4 is 23.2 Å². The Balaban J connectivity index is 2.05. The van der Waals surface area contributed by atoms with Crippen LogP contribution in [-0.2, 0) is 4.79 Å². The molecule has 0 atom stereocenters. The van der Waals surface area contributed by atoms with Gasteiger partial charge >= 0.3 is 0 Å². The van der Waals surface area contributed by atoms with Gasteiger partial charge in [0.1, 0.15) is 11.6 Å².